The zero-order chi connectivity index (χ0) is 14.4. The number of carbonyl (C=O) groups excluding carboxylic acids is 2. The van der Waals surface area contributed by atoms with Crippen molar-refractivity contribution in [3.05, 3.63) is 35.9 Å². The van der Waals surface area contributed by atoms with Crippen LogP contribution >= 0.6 is 0 Å². The highest BCUT2D eigenvalue weighted by atomic mass is 16.2. The molecule has 108 valence electrons. The summed E-state index contributed by atoms with van der Waals surface area (Å²) in [6.45, 7) is 3.72. The summed E-state index contributed by atoms with van der Waals surface area (Å²) in [6.07, 6.45) is 0.851. The second-order valence-corrected chi connectivity index (χ2v) is 5.18. The molecule has 1 aromatic rings. The number of hydrogen-bond donors (Lipinski definition) is 0. The van der Waals surface area contributed by atoms with E-state index in [9.17, 15) is 9.59 Å². The van der Waals surface area contributed by atoms with Crippen molar-refractivity contribution in [3.63, 3.8) is 0 Å². The summed E-state index contributed by atoms with van der Waals surface area (Å²) in [7, 11) is 1.95. The Morgan fingerprint density at radius 2 is 1.85 bits per heavy atom. The van der Waals surface area contributed by atoms with Crippen molar-refractivity contribution in [2.75, 3.05) is 39.8 Å². The largest absolute Gasteiger partial charge is 0.342 e. The molecule has 20 heavy (non-hydrogen) atoms. The average Bonchev–Trinajstić information content (AvgIpc) is 2.48. The maximum Gasteiger partial charge on any atom is 0.236 e. The van der Waals surface area contributed by atoms with Gasteiger partial charge in [0.05, 0.1) is 6.54 Å². The summed E-state index contributed by atoms with van der Waals surface area (Å²) in [5, 5.41) is 0. The van der Waals surface area contributed by atoms with Crippen LogP contribution in [0, 0.1) is 0 Å². The van der Waals surface area contributed by atoms with Gasteiger partial charge in [0.2, 0.25) is 12.3 Å². The van der Waals surface area contributed by atoms with Crippen molar-refractivity contribution in [1.82, 2.24) is 14.7 Å². The Balaban J connectivity index is 1.78. The first-order valence-electron chi connectivity index (χ1n) is 6.88. The van der Waals surface area contributed by atoms with Gasteiger partial charge in [0.25, 0.3) is 0 Å². The van der Waals surface area contributed by atoms with E-state index < -0.39 is 0 Å². The van der Waals surface area contributed by atoms with Gasteiger partial charge in [0, 0.05) is 32.7 Å². The Hall–Kier alpha value is -1.88. The highest BCUT2D eigenvalue weighted by Crippen LogP contribution is 2.05. The van der Waals surface area contributed by atoms with Crippen molar-refractivity contribution in [3.8, 4) is 0 Å². The minimum atomic E-state index is 0.133. The smallest absolute Gasteiger partial charge is 0.236 e. The molecule has 0 aromatic heterocycles. The summed E-state index contributed by atoms with van der Waals surface area (Å²) in [5.74, 6) is 0.133. The SMILES string of the molecule is CN(CC(=O)N1CCN(C=O)CC1)Cc1ccccc1. The normalized spacial score (nSPS) is 15.5. The van der Waals surface area contributed by atoms with Gasteiger partial charge in [0.15, 0.2) is 0 Å². The Bertz CT molecular complexity index is 442. The maximum atomic E-state index is 12.2. The minimum absolute atomic E-state index is 0.133. The molecule has 1 saturated heterocycles. The molecule has 0 atom stereocenters. The van der Waals surface area contributed by atoms with E-state index in [1.54, 1.807) is 4.90 Å². The standard InChI is InChI=1S/C15H21N3O2/c1-16(11-14-5-3-2-4-6-14)12-15(20)18-9-7-17(13-19)8-10-18/h2-6,13H,7-12H2,1H3. The number of rotatable bonds is 5. The van der Waals surface area contributed by atoms with Crippen LogP contribution in [0.25, 0.3) is 0 Å². The molecular formula is C15H21N3O2. The fourth-order valence-electron chi connectivity index (χ4n) is 2.36. The maximum absolute atomic E-state index is 12.2. The zero-order valence-corrected chi connectivity index (χ0v) is 11.9. The number of nitrogens with zero attached hydrogens (tertiary/aromatic N) is 3. The van der Waals surface area contributed by atoms with Crippen LogP contribution in [-0.2, 0) is 16.1 Å². The van der Waals surface area contributed by atoms with Gasteiger partial charge in [-0.15, -0.1) is 0 Å². The van der Waals surface area contributed by atoms with Crippen LogP contribution in [0.4, 0.5) is 0 Å². The van der Waals surface area contributed by atoms with Crippen LogP contribution in [0.5, 0.6) is 0 Å². The Labute approximate surface area is 119 Å². The van der Waals surface area contributed by atoms with Crippen LogP contribution in [0.1, 0.15) is 5.56 Å². The minimum Gasteiger partial charge on any atom is -0.342 e. The first-order valence-corrected chi connectivity index (χ1v) is 6.88. The third-order valence-corrected chi connectivity index (χ3v) is 3.52. The molecule has 5 nitrogen and oxygen atoms in total. The van der Waals surface area contributed by atoms with Crippen molar-refractivity contribution in [1.29, 1.82) is 0 Å². The van der Waals surface area contributed by atoms with E-state index in [0.717, 1.165) is 13.0 Å². The quantitative estimate of drug-likeness (QED) is 0.732. The number of benzene rings is 1. The second-order valence-electron chi connectivity index (χ2n) is 5.18. The predicted octanol–water partition coefficient (Wildman–Crippen LogP) is 0.419. The van der Waals surface area contributed by atoms with E-state index in [1.165, 1.54) is 5.56 Å². The first kappa shape index (κ1) is 14.5. The lowest BCUT2D eigenvalue weighted by Gasteiger charge is -2.33. The predicted molar refractivity (Wildman–Crippen MR) is 77.0 cm³/mol. The molecule has 0 unspecified atom stereocenters. The highest BCUT2D eigenvalue weighted by Gasteiger charge is 2.20. The van der Waals surface area contributed by atoms with Gasteiger partial charge in [-0.25, -0.2) is 0 Å². The van der Waals surface area contributed by atoms with Crippen molar-refractivity contribution < 1.29 is 9.59 Å². The van der Waals surface area contributed by atoms with Gasteiger partial charge in [-0.2, -0.15) is 0 Å². The van der Waals surface area contributed by atoms with Crippen LogP contribution in [0.2, 0.25) is 0 Å². The lowest BCUT2D eigenvalue weighted by atomic mass is 10.2. The number of amides is 2. The van der Waals surface area contributed by atoms with Crippen LogP contribution in [0.3, 0.4) is 0 Å². The summed E-state index contributed by atoms with van der Waals surface area (Å²) < 4.78 is 0. The van der Waals surface area contributed by atoms with Crippen LogP contribution in [0.15, 0.2) is 30.3 Å². The van der Waals surface area contributed by atoms with Crippen molar-refractivity contribution in [2.24, 2.45) is 0 Å². The molecule has 1 aromatic carbocycles. The van der Waals surface area contributed by atoms with Gasteiger partial charge in [-0.05, 0) is 12.6 Å². The number of likely N-dealkylation sites (N-methyl/N-ethyl adjacent to an activating group) is 1. The molecule has 0 saturated carbocycles. The monoisotopic (exact) mass is 275 g/mol. The van der Waals surface area contributed by atoms with Crippen LogP contribution in [-0.4, -0.2) is 66.8 Å². The molecule has 5 heteroatoms. The zero-order valence-electron chi connectivity index (χ0n) is 11.9. The van der Waals surface area contributed by atoms with E-state index in [2.05, 4.69) is 12.1 Å². The van der Waals surface area contributed by atoms with Crippen molar-refractivity contribution >= 4 is 12.3 Å². The molecule has 1 aliphatic rings. The lowest BCUT2D eigenvalue weighted by molar-refractivity contribution is -0.136. The van der Waals surface area contributed by atoms with Gasteiger partial charge < -0.3 is 9.80 Å². The van der Waals surface area contributed by atoms with E-state index >= 15 is 0 Å². The highest BCUT2D eigenvalue weighted by molar-refractivity contribution is 5.78. The third-order valence-electron chi connectivity index (χ3n) is 3.52. The van der Waals surface area contributed by atoms with Crippen molar-refractivity contribution in [2.45, 2.75) is 6.54 Å². The molecule has 0 bridgehead atoms. The molecule has 0 N–H and O–H groups in total. The summed E-state index contributed by atoms with van der Waals surface area (Å²) in [4.78, 5) is 28.4. The van der Waals surface area contributed by atoms with E-state index in [1.807, 2.05) is 35.0 Å². The van der Waals surface area contributed by atoms with E-state index in [-0.39, 0.29) is 5.91 Å². The molecule has 2 rings (SSSR count). The molecule has 1 heterocycles. The molecule has 0 radical (unpaired) electrons. The first-order chi connectivity index (χ1) is 9.69. The Morgan fingerprint density at radius 1 is 1.20 bits per heavy atom. The summed E-state index contributed by atoms with van der Waals surface area (Å²) in [5.41, 5.74) is 1.20. The van der Waals surface area contributed by atoms with Gasteiger partial charge in [-0.3, -0.25) is 14.5 Å². The third kappa shape index (κ3) is 4.06. The van der Waals surface area contributed by atoms with Gasteiger partial charge >= 0.3 is 0 Å². The lowest BCUT2D eigenvalue weighted by Crippen LogP contribution is -2.50. The summed E-state index contributed by atoms with van der Waals surface area (Å²) in [6, 6.07) is 10.1. The molecule has 0 aliphatic carbocycles. The molecule has 1 fully saturated rings. The molecular weight excluding hydrogens is 254 g/mol. The van der Waals surface area contributed by atoms with Crippen LogP contribution < -0.4 is 0 Å². The number of piperazine rings is 1. The topological polar surface area (TPSA) is 43.9 Å². The Kier molecular flexibility index (Phi) is 5.12. The van der Waals surface area contributed by atoms with E-state index in [0.29, 0.717) is 32.7 Å². The molecule has 2 amide bonds. The van der Waals surface area contributed by atoms with E-state index in [4.69, 9.17) is 0 Å². The Morgan fingerprint density at radius 3 is 2.45 bits per heavy atom. The average molecular weight is 275 g/mol. The molecule has 1 aliphatic heterocycles. The number of hydrogen-bond acceptors (Lipinski definition) is 3. The van der Waals surface area contributed by atoms with Gasteiger partial charge in [0.1, 0.15) is 0 Å². The fourth-order valence-corrected chi connectivity index (χ4v) is 2.36. The fraction of sp³-hybridized carbons (Fsp3) is 0.467. The summed E-state index contributed by atoms with van der Waals surface area (Å²) >= 11 is 0. The number of carbonyl (C=O) groups is 2. The van der Waals surface area contributed by atoms with Gasteiger partial charge in [-0.1, -0.05) is 30.3 Å². The molecule has 0 spiro atoms. The second kappa shape index (κ2) is 7.05.